The number of hydrogen-bond acceptors (Lipinski definition) is 7. The maximum atomic E-state index is 11.0. The van der Waals surface area contributed by atoms with Gasteiger partial charge < -0.3 is 11.5 Å². The minimum atomic E-state index is -0.584. The molecule has 0 aromatic carbocycles. The molecule has 2 heterocycles. The topological polar surface area (TPSA) is 108 Å². The number of nitrogens with two attached hydrogens (primary N) is 2. The fraction of sp³-hybridized carbons (Fsp3) is 0. The zero-order valence-corrected chi connectivity index (χ0v) is 9.59. The number of primary amides is 1. The van der Waals surface area contributed by atoms with Crippen molar-refractivity contribution in [2.24, 2.45) is 5.73 Å². The molecule has 2 aromatic heterocycles. The van der Waals surface area contributed by atoms with Gasteiger partial charge in [-0.05, 0) is 35.4 Å². The van der Waals surface area contributed by atoms with Gasteiger partial charge in [0.2, 0.25) is 0 Å². The molecule has 0 bridgehead atoms. The zero-order valence-electron chi connectivity index (χ0n) is 7.95. The summed E-state index contributed by atoms with van der Waals surface area (Å²) in [5.41, 5.74) is 11.5. The first-order valence-electron chi connectivity index (χ1n) is 4.17. The molecule has 0 fully saturated rings. The van der Waals surface area contributed by atoms with Crippen LogP contribution in [0.25, 0.3) is 0 Å². The third-order valence-electron chi connectivity index (χ3n) is 1.67. The standard InChI is InChI=1S/C8H7N5OS2/c9-4-1-2-5(6(10)14)13-7(4)15-8-11-3-12-16-8/h1-3H,9H2,(H2,10,14). The van der Waals surface area contributed by atoms with Crippen molar-refractivity contribution in [2.45, 2.75) is 9.37 Å². The molecule has 6 nitrogen and oxygen atoms in total. The van der Waals surface area contributed by atoms with E-state index in [1.165, 1.54) is 35.7 Å². The van der Waals surface area contributed by atoms with Gasteiger partial charge in [0.25, 0.3) is 5.91 Å². The van der Waals surface area contributed by atoms with E-state index < -0.39 is 5.91 Å². The summed E-state index contributed by atoms with van der Waals surface area (Å²) in [4.78, 5) is 19.0. The van der Waals surface area contributed by atoms with Crippen molar-refractivity contribution in [3.63, 3.8) is 0 Å². The van der Waals surface area contributed by atoms with Gasteiger partial charge in [-0.3, -0.25) is 4.79 Å². The Morgan fingerprint density at radius 1 is 1.44 bits per heavy atom. The van der Waals surface area contributed by atoms with Crippen molar-refractivity contribution in [1.29, 1.82) is 0 Å². The summed E-state index contributed by atoms with van der Waals surface area (Å²) in [7, 11) is 0. The maximum Gasteiger partial charge on any atom is 0.267 e. The number of nitrogen functional groups attached to an aromatic ring is 1. The van der Waals surface area contributed by atoms with Crippen molar-refractivity contribution in [1.82, 2.24) is 14.3 Å². The summed E-state index contributed by atoms with van der Waals surface area (Å²) < 4.78 is 4.56. The van der Waals surface area contributed by atoms with Crippen molar-refractivity contribution in [3.8, 4) is 0 Å². The highest BCUT2D eigenvalue weighted by molar-refractivity contribution is 8.01. The molecule has 0 aliphatic heterocycles. The molecule has 0 saturated carbocycles. The van der Waals surface area contributed by atoms with E-state index in [4.69, 9.17) is 11.5 Å². The van der Waals surface area contributed by atoms with Crippen LogP contribution >= 0.6 is 23.3 Å². The third kappa shape index (κ3) is 2.28. The van der Waals surface area contributed by atoms with E-state index in [1.54, 1.807) is 6.07 Å². The molecule has 8 heteroatoms. The Kier molecular flexibility index (Phi) is 3.02. The average Bonchev–Trinajstić information content (AvgIpc) is 2.73. The number of hydrogen-bond donors (Lipinski definition) is 2. The summed E-state index contributed by atoms with van der Waals surface area (Å²) in [6, 6.07) is 3.08. The van der Waals surface area contributed by atoms with Gasteiger partial charge in [-0.2, -0.15) is 4.37 Å². The predicted molar refractivity (Wildman–Crippen MR) is 61.2 cm³/mol. The Balaban J connectivity index is 2.32. The van der Waals surface area contributed by atoms with Crippen LogP contribution in [0.15, 0.2) is 27.8 Å². The molecular weight excluding hydrogens is 246 g/mol. The molecule has 0 atom stereocenters. The minimum absolute atomic E-state index is 0.182. The van der Waals surface area contributed by atoms with E-state index in [0.29, 0.717) is 15.1 Å². The molecule has 16 heavy (non-hydrogen) atoms. The Bertz CT molecular complexity index is 513. The van der Waals surface area contributed by atoms with Crippen molar-refractivity contribution in [3.05, 3.63) is 24.2 Å². The van der Waals surface area contributed by atoms with Gasteiger partial charge in [0.05, 0.1) is 5.69 Å². The number of carbonyl (C=O) groups excluding carboxylic acids is 1. The summed E-state index contributed by atoms with van der Waals surface area (Å²) in [5.74, 6) is -0.584. The van der Waals surface area contributed by atoms with Crippen LogP contribution in [0.4, 0.5) is 5.69 Å². The van der Waals surface area contributed by atoms with Crippen LogP contribution in [0.5, 0.6) is 0 Å². The van der Waals surface area contributed by atoms with Crippen molar-refractivity contribution >= 4 is 34.9 Å². The predicted octanol–water partition coefficient (Wildman–Crippen LogP) is 0.765. The minimum Gasteiger partial charge on any atom is -0.397 e. The van der Waals surface area contributed by atoms with E-state index >= 15 is 0 Å². The summed E-state index contributed by atoms with van der Waals surface area (Å²) >= 11 is 2.48. The van der Waals surface area contributed by atoms with E-state index in [1.807, 2.05) is 0 Å². The van der Waals surface area contributed by atoms with Gasteiger partial charge in [-0.1, -0.05) is 0 Å². The van der Waals surface area contributed by atoms with Crippen LogP contribution in [-0.4, -0.2) is 20.2 Å². The van der Waals surface area contributed by atoms with Crippen molar-refractivity contribution < 1.29 is 4.79 Å². The molecule has 82 valence electrons. The Labute approximate surface area is 99.3 Å². The maximum absolute atomic E-state index is 11.0. The lowest BCUT2D eigenvalue weighted by Crippen LogP contribution is -2.13. The normalized spacial score (nSPS) is 10.2. The first kappa shape index (κ1) is 10.8. The second-order valence-corrected chi connectivity index (χ2v) is 4.78. The first-order chi connectivity index (χ1) is 7.66. The van der Waals surface area contributed by atoms with Gasteiger partial charge >= 0.3 is 0 Å². The van der Waals surface area contributed by atoms with Crippen LogP contribution in [0.1, 0.15) is 10.5 Å². The lowest BCUT2D eigenvalue weighted by atomic mass is 10.3. The van der Waals surface area contributed by atoms with E-state index in [0.717, 1.165) is 0 Å². The number of aromatic nitrogens is 3. The fourth-order valence-electron chi connectivity index (χ4n) is 0.961. The van der Waals surface area contributed by atoms with Gasteiger partial charge in [0.1, 0.15) is 17.0 Å². The Hall–Kier alpha value is -1.67. The average molecular weight is 253 g/mol. The molecule has 0 radical (unpaired) electrons. The molecule has 0 spiro atoms. The second kappa shape index (κ2) is 4.45. The van der Waals surface area contributed by atoms with E-state index in [9.17, 15) is 4.79 Å². The molecular formula is C8H7N5OS2. The zero-order chi connectivity index (χ0) is 11.5. The quantitative estimate of drug-likeness (QED) is 0.836. The molecule has 2 aromatic rings. The number of nitrogens with zero attached hydrogens (tertiary/aromatic N) is 3. The number of pyridine rings is 1. The number of rotatable bonds is 3. The highest BCUT2D eigenvalue weighted by Crippen LogP contribution is 2.30. The van der Waals surface area contributed by atoms with E-state index in [-0.39, 0.29) is 5.69 Å². The van der Waals surface area contributed by atoms with Crippen LogP contribution in [-0.2, 0) is 0 Å². The highest BCUT2D eigenvalue weighted by atomic mass is 32.2. The summed E-state index contributed by atoms with van der Waals surface area (Å²) in [5, 5.41) is 0.507. The first-order valence-corrected chi connectivity index (χ1v) is 5.76. The fourth-order valence-corrected chi connectivity index (χ4v) is 2.35. The SMILES string of the molecule is NC(=O)c1ccc(N)c(Sc2ncns2)n1. The van der Waals surface area contributed by atoms with Crippen molar-refractivity contribution in [2.75, 3.05) is 5.73 Å². The number of anilines is 1. The van der Waals surface area contributed by atoms with Crippen LogP contribution in [0, 0.1) is 0 Å². The van der Waals surface area contributed by atoms with E-state index in [2.05, 4.69) is 14.3 Å². The van der Waals surface area contributed by atoms with Crippen LogP contribution < -0.4 is 11.5 Å². The van der Waals surface area contributed by atoms with Gasteiger partial charge in [0, 0.05) is 0 Å². The molecule has 1 amide bonds. The molecule has 0 saturated heterocycles. The monoisotopic (exact) mass is 253 g/mol. The smallest absolute Gasteiger partial charge is 0.267 e. The Morgan fingerprint density at radius 3 is 2.88 bits per heavy atom. The van der Waals surface area contributed by atoms with Gasteiger partial charge in [-0.25, -0.2) is 9.97 Å². The largest absolute Gasteiger partial charge is 0.397 e. The molecule has 0 unspecified atom stereocenters. The number of carbonyl (C=O) groups is 1. The van der Waals surface area contributed by atoms with Gasteiger partial charge in [-0.15, -0.1) is 0 Å². The Morgan fingerprint density at radius 2 is 2.25 bits per heavy atom. The third-order valence-corrected chi connectivity index (χ3v) is 3.40. The lowest BCUT2D eigenvalue weighted by molar-refractivity contribution is 0.0995. The van der Waals surface area contributed by atoms with Crippen LogP contribution in [0.3, 0.4) is 0 Å². The molecule has 4 N–H and O–H groups in total. The van der Waals surface area contributed by atoms with Crippen LogP contribution in [0.2, 0.25) is 0 Å². The number of amides is 1. The summed E-state index contributed by atoms with van der Waals surface area (Å²) in [6.45, 7) is 0. The lowest BCUT2D eigenvalue weighted by Gasteiger charge is -2.03. The molecule has 0 aliphatic rings. The second-order valence-electron chi connectivity index (χ2n) is 2.76. The van der Waals surface area contributed by atoms with Gasteiger partial charge in [0.15, 0.2) is 4.34 Å². The molecule has 0 aliphatic carbocycles. The highest BCUT2D eigenvalue weighted by Gasteiger charge is 2.10. The molecule has 2 rings (SSSR count). The summed E-state index contributed by atoms with van der Waals surface area (Å²) in [6.07, 6.45) is 1.45.